The molecule has 4 heteroatoms. The Morgan fingerprint density at radius 3 is 2.62 bits per heavy atom. The lowest BCUT2D eigenvalue weighted by Crippen LogP contribution is -2.34. The van der Waals surface area contributed by atoms with Crippen molar-refractivity contribution in [2.45, 2.75) is 27.7 Å². The standard InChI is InChI=1S/C17H28N2O2/c1-5-19(6-2)11-10-18-17(20)15-8-7-9-16(12-15)21-13-14(3)4/h7-9,12,14H,5-6,10-11,13H2,1-4H3,(H,18,20). The number of hydrogen-bond donors (Lipinski definition) is 1. The Morgan fingerprint density at radius 2 is 2.00 bits per heavy atom. The molecule has 1 rings (SSSR count). The van der Waals surface area contributed by atoms with Gasteiger partial charge in [-0.3, -0.25) is 4.79 Å². The number of benzene rings is 1. The molecule has 118 valence electrons. The largest absolute Gasteiger partial charge is 0.493 e. The number of nitrogens with one attached hydrogen (secondary N) is 1. The predicted molar refractivity (Wildman–Crippen MR) is 86.9 cm³/mol. The summed E-state index contributed by atoms with van der Waals surface area (Å²) >= 11 is 0. The van der Waals surface area contributed by atoms with E-state index in [2.05, 4.69) is 37.9 Å². The fourth-order valence-corrected chi connectivity index (χ4v) is 1.96. The molecule has 1 N–H and O–H groups in total. The number of amides is 1. The van der Waals surface area contributed by atoms with Crippen LogP contribution < -0.4 is 10.1 Å². The average Bonchev–Trinajstić information content (AvgIpc) is 2.49. The number of likely N-dealkylation sites (N-methyl/N-ethyl adjacent to an activating group) is 1. The summed E-state index contributed by atoms with van der Waals surface area (Å²) < 4.78 is 5.65. The quantitative estimate of drug-likeness (QED) is 0.761. The van der Waals surface area contributed by atoms with E-state index in [0.29, 0.717) is 24.6 Å². The topological polar surface area (TPSA) is 41.6 Å². The van der Waals surface area contributed by atoms with Crippen LogP contribution in [0, 0.1) is 5.92 Å². The summed E-state index contributed by atoms with van der Waals surface area (Å²) in [5.74, 6) is 1.17. The van der Waals surface area contributed by atoms with Gasteiger partial charge in [-0.05, 0) is 37.2 Å². The molecule has 0 saturated carbocycles. The van der Waals surface area contributed by atoms with E-state index in [9.17, 15) is 4.79 Å². The maximum atomic E-state index is 12.1. The van der Waals surface area contributed by atoms with Crippen LogP contribution in [0.2, 0.25) is 0 Å². The van der Waals surface area contributed by atoms with E-state index in [-0.39, 0.29) is 5.91 Å². The van der Waals surface area contributed by atoms with Crippen LogP contribution in [0.5, 0.6) is 5.75 Å². The highest BCUT2D eigenvalue weighted by molar-refractivity contribution is 5.94. The number of hydrogen-bond acceptors (Lipinski definition) is 3. The molecule has 4 nitrogen and oxygen atoms in total. The molecule has 0 aromatic heterocycles. The van der Waals surface area contributed by atoms with Gasteiger partial charge >= 0.3 is 0 Å². The Labute approximate surface area is 128 Å². The van der Waals surface area contributed by atoms with Gasteiger partial charge in [0.25, 0.3) is 5.91 Å². The van der Waals surface area contributed by atoms with Crippen LogP contribution in [0.15, 0.2) is 24.3 Å². The van der Waals surface area contributed by atoms with E-state index in [1.165, 1.54) is 0 Å². The Morgan fingerprint density at radius 1 is 1.29 bits per heavy atom. The van der Waals surface area contributed by atoms with E-state index < -0.39 is 0 Å². The smallest absolute Gasteiger partial charge is 0.251 e. The Hall–Kier alpha value is -1.55. The molecule has 0 atom stereocenters. The molecule has 1 amide bonds. The van der Waals surface area contributed by atoms with Gasteiger partial charge in [0.1, 0.15) is 5.75 Å². The highest BCUT2D eigenvalue weighted by atomic mass is 16.5. The molecule has 21 heavy (non-hydrogen) atoms. The Bertz CT molecular complexity index is 429. The molecule has 0 aliphatic heterocycles. The van der Waals surface area contributed by atoms with E-state index in [1.54, 1.807) is 6.07 Å². The van der Waals surface area contributed by atoms with Gasteiger partial charge in [0.2, 0.25) is 0 Å². The fourth-order valence-electron chi connectivity index (χ4n) is 1.96. The molecular formula is C17H28N2O2. The molecule has 0 heterocycles. The van der Waals surface area contributed by atoms with E-state index in [0.717, 1.165) is 25.4 Å². The minimum atomic E-state index is -0.0443. The summed E-state index contributed by atoms with van der Waals surface area (Å²) in [5.41, 5.74) is 0.649. The van der Waals surface area contributed by atoms with Crippen molar-refractivity contribution in [2.24, 2.45) is 5.92 Å². The predicted octanol–water partition coefficient (Wildman–Crippen LogP) is 2.79. The zero-order chi connectivity index (χ0) is 15.7. The van der Waals surface area contributed by atoms with Gasteiger partial charge in [-0.15, -0.1) is 0 Å². The van der Waals surface area contributed by atoms with Crippen molar-refractivity contribution in [1.82, 2.24) is 10.2 Å². The molecule has 0 unspecified atom stereocenters. The second-order valence-electron chi connectivity index (χ2n) is 5.52. The first-order chi connectivity index (χ1) is 10.1. The molecule has 1 aromatic carbocycles. The Kier molecular flexibility index (Phi) is 7.83. The zero-order valence-corrected chi connectivity index (χ0v) is 13.7. The second kappa shape index (κ2) is 9.40. The summed E-state index contributed by atoms with van der Waals surface area (Å²) in [7, 11) is 0. The van der Waals surface area contributed by atoms with Gasteiger partial charge < -0.3 is 15.0 Å². The number of ether oxygens (including phenoxy) is 1. The first kappa shape index (κ1) is 17.5. The molecule has 0 spiro atoms. The number of carbonyl (C=O) groups is 1. The molecule has 0 radical (unpaired) electrons. The van der Waals surface area contributed by atoms with E-state index in [4.69, 9.17) is 4.74 Å². The number of carbonyl (C=O) groups excluding carboxylic acids is 1. The van der Waals surface area contributed by atoms with Gasteiger partial charge in [0.05, 0.1) is 6.61 Å². The summed E-state index contributed by atoms with van der Waals surface area (Å²) in [6, 6.07) is 7.36. The SMILES string of the molecule is CCN(CC)CCNC(=O)c1cccc(OCC(C)C)c1. The molecular weight excluding hydrogens is 264 g/mol. The van der Waals surface area contributed by atoms with Gasteiger partial charge in [0, 0.05) is 18.7 Å². The normalized spacial score (nSPS) is 11.0. The zero-order valence-electron chi connectivity index (χ0n) is 13.7. The third-order valence-corrected chi connectivity index (χ3v) is 3.29. The highest BCUT2D eigenvalue weighted by Crippen LogP contribution is 2.14. The van der Waals surface area contributed by atoms with Gasteiger partial charge in [-0.1, -0.05) is 33.8 Å². The van der Waals surface area contributed by atoms with Crippen molar-refractivity contribution >= 4 is 5.91 Å². The summed E-state index contributed by atoms with van der Waals surface area (Å²) in [5, 5.41) is 2.95. The lowest BCUT2D eigenvalue weighted by Gasteiger charge is -2.18. The fraction of sp³-hybridized carbons (Fsp3) is 0.588. The molecule has 0 saturated heterocycles. The van der Waals surface area contributed by atoms with Crippen LogP contribution in [0.1, 0.15) is 38.1 Å². The molecule has 1 aromatic rings. The molecule has 0 aliphatic rings. The van der Waals surface area contributed by atoms with Crippen molar-refractivity contribution in [2.75, 3.05) is 32.8 Å². The van der Waals surface area contributed by atoms with Crippen molar-refractivity contribution in [3.8, 4) is 5.75 Å². The van der Waals surface area contributed by atoms with Gasteiger partial charge in [-0.25, -0.2) is 0 Å². The lowest BCUT2D eigenvalue weighted by molar-refractivity contribution is 0.0948. The van der Waals surface area contributed by atoms with Crippen molar-refractivity contribution in [1.29, 1.82) is 0 Å². The third-order valence-electron chi connectivity index (χ3n) is 3.29. The van der Waals surface area contributed by atoms with Gasteiger partial charge in [0.15, 0.2) is 0 Å². The molecule has 0 fully saturated rings. The van der Waals surface area contributed by atoms with Crippen molar-refractivity contribution in [3.63, 3.8) is 0 Å². The minimum absolute atomic E-state index is 0.0443. The summed E-state index contributed by atoms with van der Waals surface area (Å²) in [4.78, 5) is 14.4. The van der Waals surface area contributed by atoms with Crippen LogP contribution in [0.4, 0.5) is 0 Å². The first-order valence-electron chi connectivity index (χ1n) is 7.80. The maximum Gasteiger partial charge on any atom is 0.251 e. The Balaban J connectivity index is 2.48. The second-order valence-corrected chi connectivity index (χ2v) is 5.52. The summed E-state index contributed by atoms with van der Waals surface area (Å²) in [6.45, 7) is 12.7. The lowest BCUT2D eigenvalue weighted by atomic mass is 10.2. The van der Waals surface area contributed by atoms with E-state index >= 15 is 0 Å². The minimum Gasteiger partial charge on any atom is -0.493 e. The monoisotopic (exact) mass is 292 g/mol. The number of rotatable bonds is 9. The van der Waals surface area contributed by atoms with Crippen LogP contribution >= 0.6 is 0 Å². The van der Waals surface area contributed by atoms with Gasteiger partial charge in [-0.2, -0.15) is 0 Å². The van der Waals surface area contributed by atoms with Crippen LogP contribution in [-0.4, -0.2) is 43.6 Å². The van der Waals surface area contributed by atoms with Crippen LogP contribution in [-0.2, 0) is 0 Å². The van der Waals surface area contributed by atoms with Crippen LogP contribution in [0.25, 0.3) is 0 Å². The average molecular weight is 292 g/mol. The van der Waals surface area contributed by atoms with Crippen molar-refractivity contribution < 1.29 is 9.53 Å². The summed E-state index contributed by atoms with van der Waals surface area (Å²) in [6.07, 6.45) is 0. The molecule has 0 bridgehead atoms. The maximum absolute atomic E-state index is 12.1. The van der Waals surface area contributed by atoms with Crippen LogP contribution in [0.3, 0.4) is 0 Å². The number of nitrogens with zero attached hydrogens (tertiary/aromatic N) is 1. The highest BCUT2D eigenvalue weighted by Gasteiger charge is 2.07. The third kappa shape index (κ3) is 6.63. The molecule has 0 aliphatic carbocycles. The van der Waals surface area contributed by atoms with Crippen molar-refractivity contribution in [3.05, 3.63) is 29.8 Å². The first-order valence-corrected chi connectivity index (χ1v) is 7.80. The van der Waals surface area contributed by atoms with E-state index in [1.807, 2.05) is 18.2 Å².